The van der Waals surface area contributed by atoms with Crippen LogP contribution < -0.4 is 5.73 Å². The van der Waals surface area contributed by atoms with E-state index in [1.54, 1.807) is 0 Å². The first kappa shape index (κ1) is 10.6. The van der Waals surface area contributed by atoms with Crippen molar-refractivity contribution in [2.45, 2.75) is 12.3 Å². The van der Waals surface area contributed by atoms with Crippen molar-refractivity contribution in [3.05, 3.63) is 35.6 Å². The second-order valence-electron chi connectivity index (χ2n) is 2.92. The summed E-state index contributed by atoms with van der Waals surface area (Å²) in [6.07, 6.45) is -0.750. The average molecular weight is 202 g/mol. The molecule has 0 aliphatic heterocycles. The molecule has 1 rings (SSSR count). The minimum absolute atomic E-state index is 0.116. The van der Waals surface area contributed by atoms with Crippen molar-refractivity contribution >= 4 is 5.84 Å². The minimum Gasteiger partial charge on any atom is -0.383 e. The number of halogens is 3. The summed E-state index contributed by atoms with van der Waals surface area (Å²) in [7, 11) is 0. The van der Waals surface area contributed by atoms with E-state index in [9.17, 15) is 13.2 Å². The summed E-state index contributed by atoms with van der Waals surface area (Å²) in [6.45, 7) is 0. The van der Waals surface area contributed by atoms with Crippen LogP contribution in [0.3, 0.4) is 0 Å². The average Bonchev–Trinajstić information content (AvgIpc) is 2.02. The van der Waals surface area contributed by atoms with Gasteiger partial charge in [-0.1, -0.05) is 12.1 Å². The maximum Gasteiger partial charge on any atom is 0.307 e. The van der Waals surface area contributed by atoms with Gasteiger partial charge < -0.3 is 5.73 Å². The van der Waals surface area contributed by atoms with Crippen LogP contribution in [0.2, 0.25) is 0 Å². The molecular formula is C9H9F3N2. The van der Waals surface area contributed by atoms with Crippen LogP contribution in [0.1, 0.15) is 5.56 Å². The molecule has 1 aromatic rings. The van der Waals surface area contributed by atoms with Gasteiger partial charge in [0.05, 0.1) is 0 Å². The standard InChI is InChI=1S/C9H9F3N2/c10-7-3-1-2-6(4-7)5-9(11,12)8(13)14/h1-4H,5H2,(H3,13,14). The fourth-order valence-corrected chi connectivity index (χ4v) is 0.999. The lowest BCUT2D eigenvalue weighted by atomic mass is 10.1. The van der Waals surface area contributed by atoms with Crippen molar-refractivity contribution in [2.24, 2.45) is 5.73 Å². The number of rotatable bonds is 3. The summed E-state index contributed by atoms with van der Waals surface area (Å²) in [5.41, 5.74) is 4.81. The Balaban J connectivity index is 2.83. The van der Waals surface area contributed by atoms with Crippen molar-refractivity contribution < 1.29 is 13.2 Å². The van der Waals surface area contributed by atoms with Gasteiger partial charge in [-0.15, -0.1) is 0 Å². The van der Waals surface area contributed by atoms with Crippen molar-refractivity contribution in [2.75, 3.05) is 0 Å². The Morgan fingerprint density at radius 1 is 1.43 bits per heavy atom. The Bertz CT molecular complexity index is 350. The second kappa shape index (κ2) is 3.69. The van der Waals surface area contributed by atoms with Gasteiger partial charge >= 0.3 is 5.92 Å². The zero-order chi connectivity index (χ0) is 10.8. The first-order valence-electron chi connectivity index (χ1n) is 3.88. The zero-order valence-corrected chi connectivity index (χ0v) is 7.23. The molecule has 0 aromatic heterocycles. The molecule has 14 heavy (non-hydrogen) atoms. The molecule has 0 aliphatic carbocycles. The van der Waals surface area contributed by atoms with E-state index < -0.39 is 24.0 Å². The van der Waals surface area contributed by atoms with Crippen molar-refractivity contribution in [1.29, 1.82) is 5.41 Å². The van der Waals surface area contributed by atoms with Crippen LogP contribution >= 0.6 is 0 Å². The number of amidine groups is 1. The third-order valence-electron chi connectivity index (χ3n) is 1.71. The molecule has 3 N–H and O–H groups in total. The fourth-order valence-electron chi connectivity index (χ4n) is 0.999. The second-order valence-corrected chi connectivity index (χ2v) is 2.92. The summed E-state index contributed by atoms with van der Waals surface area (Å²) < 4.78 is 38.4. The fraction of sp³-hybridized carbons (Fsp3) is 0.222. The Morgan fingerprint density at radius 3 is 2.57 bits per heavy atom. The Morgan fingerprint density at radius 2 is 2.07 bits per heavy atom. The molecule has 76 valence electrons. The molecule has 0 saturated heterocycles. The van der Waals surface area contributed by atoms with Crippen LogP contribution in [0.15, 0.2) is 24.3 Å². The van der Waals surface area contributed by atoms with Gasteiger partial charge in [-0.3, -0.25) is 5.41 Å². The van der Waals surface area contributed by atoms with Crippen molar-refractivity contribution in [1.82, 2.24) is 0 Å². The van der Waals surface area contributed by atoms with Crippen LogP contribution in [0.4, 0.5) is 13.2 Å². The number of alkyl halides is 2. The molecule has 0 spiro atoms. The molecular weight excluding hydrogens is 193 g/mol. The maximum atomic E-state index is 12.9. The molecule has 0 amide bonds. The molecule has 0 unspecified atom stereocenters. The van der Waals surface area contributed by atoms with Crippen LogP contribution in [-0.4, -0.2) is 11.8 Å². The highest BCUT2D eigenvalue weighted by molar-refractivity contribution is 5.84. The highest BCUT2D eigenvalue weighted by Crippen LogP contribution is 2.19. The maximum absolute atomic E-state index is 12.9. The number of hydrogen-bond donors (Lipinski definition) is 2. The summed E-state index contributed by atoms with van der Waals surface area (Å²) in [5.74, 6) is -5.20. The molecule has 0 fully saturated rings. The van der Waals surface area contributed by atoms with Gasteiger partial charge in [0.2, 0.25) is 0 Å². The molecule has 5 heteroatoms. The Kier molecular flexibility index (Phi) is 2.78. The van der Waals surface area contributed by atoms with E-state index in [0.717, 1.165) is 12.1 Å². The largest absolute Gasteiger partial charge is 0.383 e. The predicted octanol–water partition coefficient (Wildman–Crippen LogP) is 1.94. The third-order valence-corrected chi connectivity index (χ3v) is 1.71. The molecule has 0 heterocycles. The van der Waals surface area contributed by atoms with E-state index in [4.69, 9.17) is 11.1 Å². The van der Waals surface area contributed by atoms with Crippen LogP contribution in [-0.2, 0) is 6.42 Å². The summed E-state index contributed by atoms with van der Waals surface area (Å²) in [6, 6.07) is 4.85. The number of hydrogen-bond acceptors (Lipinski definition) is 1. The molecule has 0 bridgehead atoms. The van der Waals surface area contributed by atoms with Gasteiger partial charge in [0.15, 0.2) is 5.84 Å². The highest BCUT2D eigenvalue weighted by Gasteiger charge is 2.33. The topological polar surface area (TPSA) is 49.9 Å². The number of benzene rings is 1. The molecule has 1 aromatic carbocycles. The lowest BCUT2D eigenvalue weighted by Crippen LogP contribution is -2.36. The van der Waals surface area contributed by atoms with Crippen molar-refractivity contribution in [3.8, 4) is 0 Å². The lowest BCUT2D eigenvalue weighted by Gasteiger charge is -2.13. The minimum atomic E-state index is -3.41. The molecule has 0 atom stereocenters. The lowest BCUT2D eigenvalue weighted by molar-refractivity contribution is 0.0761. The molecule has 0 radical (unpaired) electrons. The zero-order valence-electron chi connectivity index (χ0n) is 7.23. The van der Waals surface area contributed by atoms with Gasteiger partial charge in [0.1, 0.15) is 5.82 Å². The first-order chi connectivity index (χ1) is 6.42. The van der Waals surface area contributed by atoms with E-state index in [0.29, 0.717) is 0 Å². The number of nitrogens with one attached hydrogen (secondary N) is 1. The normalized spacial score (nSPS) is 11.4. The van der Waals surface area contributed by atoms with E-state index in [2.05, 4.69) is 0 Å². The van der Waals surface area contributed by atoms with Crippen LogP contribution in [0.5, 0.6) is 0 Å². The van der Waals surface area contributed by atoms with Gasteiger partial charge in [-0.2, -0.15) is 8.78 Å². The molecule has 0 saturated carbocycles. The van der Waals surface area contributed by atoms with Gasteiger partial charge in [-0.25, -0.2) is 4.39 Å². The van der Waals surface area contributed by atoms with Gasteiger partial charge in [0.25, 0.3) is 0 Å². The van der Waals surface area contributed by atoms with Crippen LogP contribution in [0, 0.1) is 11.2 Å². The van der Waals surface area contributed by atoms with Gasteiger partial charge in [0, 0.05) is 6.42 Å². The Labute approximate surface area is 79.0 Å². The van der Waals surface area contributed by atoms with Gasteiger partial charge in [-0.05, 0) is 17.7 Å². The third kappa shape index (κ3) is 2.48. The van der Waals surface area contributed by atoms with E-state index in [1.165, 1.54) is 12.1 Å². The SMILES string of the molecule is N=C(N)C(F)(F)Cc1cccc(F)c1. The molecule has 0 aliphatic rings. The number of nitrogens with two attached hydrogens (primary N) is 1. The first-order valence-corrected chi connectivity index (χ1v) is 3.88. The van der Waals surface area contributed by atoms with E-state index >= 15 is 0 Å². The monoisotopic (exact) mass is 202 g/mol. The highest BCUT2D eigenvalue weighted by atomic mass is 19.3. The predicted molar refractivity (Wildman–Crippen MR) is 47.0 cm³/mol. The summed E-state index contributed by atoms with van der Waals surface area (Å²) in [5, 5.41) is 6.63. The van der Waals surface area contributed by atoms with Crippen LogP contribution in [0.25, 0.3) is 0 Å². The smallest absolute Gasteiger partial charge is 0.307 e. The van der Waals surface area contributed by atoms with E-state index in [-0.39, 0.29) is 5.56 Å². The van der Waals surface area contributed by atoms with E-state index in [1.807, 2.05) is 0 Å². The summed E-state index contributed by atoms with van der Waals surface area (Å²) in [4.78, 5) is 0. The summed E-state index contributed by atoms with van der Waals surface area (Å²) >= 11 is 0. The Hall–Kier alpha value is -1.52. The molecule has 2 nitrogen and oxygen atoms in total. The quantitative estimate of drug-likeness (QED) is 0.571. The van der Waals surface area contributed by atoms with Crippen molar-refractivity contribution in [3.63, 3.8) is 0 Å².